The van der Waals surface area contributed by atoms with Gasteiger partial charge in [-0.15, -0.1) is 0 Å². The number of hydrogen-bond donors (Lipinski definition) is 2. The number of amides is 2. The van der Waals surface area contributed by atoms with E-state index in [0.717, 1.165) is 5.56 Å². The quantitative estimate of drug-likeness (QED) is 0.809. The van der Waals surface area contributed by atoms with E-state index in [0.29, 0.717) is 17.9 Å². The van der Waals surface area contributed by atoms with Crippen molar-refractivity contribution in [3.05, 3.63) is 59.7 Å². The van der Waals surface area contributed by atoms with Crippen LogP contribution < -0.4 is 15.4 Å². The van der Waals surface area contributed by atoms with Crippen LogP contribution in [0.2, 0.25) is 0 Å². The third kappa shape index (κ3) is 5.51. The van der Waals surface area contributed by atoms with Crippen LogP contribution in [0.4, 0.5) is 19.3 Å². The minimum atomic E-state index is -2.88. The lowest BCUT2D eigenvalue weighted by Crippen LogP contribution is -2.28. The molecule has 2 aromatic rings. The number of rotatable bonds is 7. The number of carbonyl (C=O) groups is 1. The lowest BCUT2D eigenvalue weighted by molar-refractivity contribution is -0.0498. The third-order valence-electron chi connectivity index (χ3n) is 3.14. The zero-order valence-corrected chi connectivity index (χ0v) is 13.1. The maximum Gasteiger partial charge on any atom is 0.387 e. The summed E-state index contributed by atoms with van der Waals surface area (Å²) >= 11 is 0. The molecule has 0 aliphatic carbocycles. The van der Waals surface area contributed by atoms with Gasteiger partial charge in [0.2, 0.25) is 0 Å². The van der Waals surface area contributed by atoms with Gasteiger partial charge in [0.25, 0.3) is 0 Å². The molecule has 0 atom stereocenters. The molecule has 5 nitrogen and oxygen atoms in total. The maximum atomic E-state index is 12.2. The molecule has 0 radical (unpaired) electrons. The van der Waals surface area contributed by atoms with Crippen LogP contribution in [-0.4, -0.2) is 19.8 Å². The van der Waals surface area contributed by atoms with Crippen molar-refractivity contribution in [1.29, 1.82) is 0 Å². The number of carbonyl (C=O) groups excluding carboxylic acids is 1. The Kier molecular flexibility index (Phi) is 6.51. The monoisotopic (exact) mass is 336 g/mol. The molecule has 24 heavy (non-hydrogen) atoms. The predicted octanol–water partition coefficient (Wildman–Crippen LogP) is 3.76. The molecule has 0 saturated carbocycles. The molecule has 0 fully saturated rings. The van der Waals surface area contributed by atoms with Gasteiger partial charge in [0.05, 0.1) is 6.61 Å². The first kappa shape index (κ1) is 17.7. The Labute approximate surface area is 138 Å². The van der Waals surface area contributed by atoms with Crippen LogP contribution in [0.5, 0.6) is 5.75 Å². The summed E-state index contributed by atoms with van der Waals surface area (Å²) in [5, 5.41) is 5.39. The molecule has 0 saturated heterocycles. The minimum Gasteiger partial charge on any atom is -0.435 e. The Bertz CT molecular complexity index is 680. The highest BCUT2D eigenvalue weighted by Crippen LogP contribution is 2.17. The Morgan fingerprint density at radius 2 is 1.96 bits per heavy atom. The standard InChI is InChI=1S/C17H18F2N2O3/c1-23-11-13-6-2-3-8-15(13)21-17(22)20-10-12-5-4-7-14(9-12)24-16(18)19/h2-9,16H,10-11H2,1H3,(H2,20,21,22). The molecule has 2 rings (SSSR count). The minimum absolute atomic E-state index is 0.0511. The Balaban J connectivity index is 1.92. The fraction of sp³-hybridized carbons (Fsp3) is 0.235. The zero-order chi connectivity index (χ0) is 17.4. The first-order chi connectivity index (χ1) is 11.6. The van der Waals surface area contributed by atoms with Gasteiger partial charge in [-0.3, -0.25) is 0 Å². The molecule has 0 aromatic heterocycles. The first-order valence-electron chi connectivity index (χ1n) is 7.24. The SMILES string of the molecule is COCc1ccccc1NC(=O)NCc1cccc(OC(F)F)c1. The van der Waals surface area contributed by atoms with Crippen LogP contribution in [0.25, 0.3) is 0 Å². The molecule has 0 unspecified atom stereocenters. The second-order valence-electron chi connectivity index (χ2n) is 4.92. The van der Waals surface area contributed by atoms with E-state index in [-0.39, 0.29) is 12.3 Å². The molecule has 0 bridgehead atoms. The zero-order valence-electron chi connectivity index (χ0n) is 13.1. The average Bonchev–Trinajstić information content (AvgIpc) is 2.55. The largest absolute Gasteiger partial charge is 0.435 e. The molecule has 128 valence electrons. The summed E-state index contributed by atoms with van der Waals surface area (Å²) < 4.78 is 33.8. The number of urea groups is 1. The molecule has 7 heteroatoms. The van der Waals surface area contributed by atoms with Crippen LogP contribution in [0.3, 0.4) is 0 Å². The Hall–Kier alpha value is -2.67. The summed E-state index contributed by atoms with van der Waals surface area (Å²) in [5.74, 6) is 0.0511. The van der Waals surface area contributed by atoms with E-state index in [9.17, 15) is 13.6 Å². The van der Waals surface area contributed by atoms with Crippen LogP contribution in [0.15, 0.2) is 48.5 Å². The molecule has 2 N–H and O–H groups in total. The lowest BCUT2D eigenvalue weighted by atomic mass is 10.2. The van der Waals surface area contributed by atoms with Crippen molar-refractivity contribution >= 4 is 11.7 Å². The van der Waals surface area contributed by atoms with Crippen LogP contribution in [0, 0.1) is 0 Å². The molecule has 0 aliphatic rings. The molecule has 0 spiro atoms. The van der Waals surface area contributed by atoms with E-state index < -0.39 is 12.6 Å². The van der Waals surface area contributed by atoms with Crippen LogP contribution in [0.1, 0.15) is 11.1 Å². The number of benzene rings is 2. The third-order valence-corrected chi connectivity index (χ3v) is 3.14. The van der Waals surface area contributed by atoms with Gasteiger partial charge in [-0.05, 0) is 23.8 Å². The predicted molar refractivity (Wildman–Crippen MR) is 86.1 cm³/mol. The fourth-order valence-corrected chi connectivity index (χ4v) is 2.10. The summed E-state index contributed by atoms with van der Waals surface area (Å²) in [6, 6.07) is 13.0. The van der Waals surface area contributed by atoms with Crippen molar-refractivity contribution in [2.24, 2.45) is 0 Å². The number of halogens is 2. The van der Waals surface area contributed by atoms with Gasteiger partial charge < -0.3 is 20.1 Å². The number of hydrogen-bond acceptors (Lipinski definition) is 3. The first-order valence-corrected chi connectivity index (χ1v) is 7.24. The summed E-state index contributed by atoms with van der Waals surface area (Å²) in [4.78, 5) is 12.0. The van der Waals surface area contributed by atoms with Crippen molar-refractivity contribution in [3.8, 4) is 5.75 Å². The summed E-state index contributed by atoms with van der Waals surface area (Å²) in [5.41, 5.74) is 2.14. The molecule has 2 aromatic carbocycles. The second kappa shape index (κ2) is 8.83. The normalized spacial score (nSPS) is 10.5. The van der Waals surface area contributed by atoms with Gasteiger partial charge in [-0.1, -0.05) is 30.3 Å². The highest BCUT2D eigenvalue weighted by Gasteiger charge is 2.07. The lowest BCUT2D eigenvalue weighted by Gasteiger charge is -2.12. The van der Waals surface area contributed by atoms with Gasteiger partial charge in [0.15, 0.2) is 0 Å². The van der Waals surface area contributed by atoms with E-state index in [1.54, 1.807) is 31.4 Å². The van der Waals surface area contributed by atoms with Crippen LogP contribution >= 0.6 is 0 Å². The summed E-state index contributed by atoms with van der Waals surface area (Å²) in [6.45, 7) is -2.32. The maximum absolute atomic E-state index is 12.2. The van der Waals surface area contributed by atoms with Crippen molar-refractivity contribution in [2.45, 2.75) is 19.8 Å². The van der Waals surface area contributed by atoms with Gasteiger partial charge in [0.1, 0.15) is 5.75 Å². The number of anilines is 1. The smallest absolute Gasteiger partial charge is 0.387 e. The summed E-state index contributed by atoms with van der Waals surface area (Å²) in [6.07, 6.45) is 0. The van der Waals surface area contributed by atoms with E-state index in [1.807, 2.05) is 12.1 Å². The van der Waals surface area contributed by atoms with E-state index in [4.69, 9.17) is 4.74 Å². The summed E-state index contributed by atoms with van der Waals surface area (Å²) in [7, 11) is 1.57. The van der Waals surface area contributed by atoms with Gasteiger partial charge >= 0.3 is 12.6 Å². The molecular formula is C17H18F2N2O3. The average molecular weight is 336 g/mol. The van der Waals surface area contributed by atoms with E-state index in [2.05, 4.69) is 15.4 Å². The molecule has 0 heterocycles. The number of methoxy groups -OCH3 is 1. The highest BCUT2D eigenvalue weighted by molar-refractivity contribution is 5.90. The Morgan fingerprint density at radius 1 is 1.17 bits per heavy atom. The van der Waals surface area contributed by atoms with Crippen molar-refractivity contribution in [1.82, 2.24) is 5.32 Å². The topological polar surface area (TPSA) is 59.6 Å². The van der Waals surface area contributed by atoms with Gasteiger partial charge in [-0.2, -0.15) is 8.78 Å². The number of nitrogens with one attached hydrogen (secondary N) is 2. The fourth-order valence-electron chi connectivity index (χ4n) is 2.10. The Morgan fingerprint density at radius 3 is 2.71 bits per heavy atom. The van der Waals surface area contributed by atoms with E-state index in [1.165, 1.54) is 12.1 Å². The molecule has 0 aliphatic heterocycles. The highest BCUT2D eigenvalue weighted by atomic mass is 19.3. The number of ether oxygens (including phenoxy) is 2. The molecular weight excluding hydrogens is 318 g/mol. The van der Waals surface area contributed by atoms with Crippen LogP contribution in [-0.2, 0) is 17.9 Å². The van der Waals surface area contributed by atoms with E-state index >= 15 is 0 Å². The molecule has 2 amide bonds. The number of para-hydroxylation sites is 1. The van der Waals surface area contributed by atoms with Gasteiger partial charge in [0, 0.05) is 24.9 Å². The van der Waals surface area contributed by atoms with Crippen molar-refractivity contribution in [3.63, 3.8) is 0 Å². The van der Waals surface area contributed by atoms with Crippen molar-refractivity contribution < 1.29 is 23.0 Å². The van der Waals surface area contributed by atoms with Crippen molar-refractivity contribution in [2.75, 3.05) is 12.4 Å². The van der Waals surface area contributed by atoms with Gasteiger partial charge in [-0.25, -0.2) is 4.79 Å². The second-order valence-corrected chi connectivity index (χ2v) is 4.92. The number of alkyl halides is 2.